The zero-order chi connectivity index (χ0) is 14.3. The second-order valence-electron chi connectivity index (χ2n) is 4.87. The van der Waals surface area contributed by atoms with Crippen LogP contribution < -0.4 is 0 Å². The fourth-order valence-corrected chi connectivity index (χ4v) is 4.05. The summed E-state index contributed by atoms with van der Waals surface area (Å²) >= 11 is 7.20. The van der Waals surface area contributed by atoms with Crippen molar-refractivity contribution in [1.29, 1.82) is 0 Å². The molecule has 1 aliphatic rings. The van der Waals surface area contributed by atoms with Crippen LogP contribution in [0.15, 0.2) is 18.2 Å². The van der Waals surface area contributed by atoms with Crippen molar-refractivity contribution < 1.29 is 13.2 Å². The van der Waals surface area contributed by atoms with Crippen molar-refractivity contribution in [2.24, 2.45) is 0 Å². The molecule has 1 saturated heterocycles. The van der Waals surface area contributed by atoms with Gasteiger partial charge in [-0.25, -0.2) is 0 Å². The van der Waals surface area contributed by atoms with E-state index in [1.165, 1.54) is 6.07 Å². The molecule has 1 aromatic carbocycles. The van der Waals surface area contributed by atoms with Crippen LogP contribution in [0.1, 0.15) is 24.4 Å². The van der Waals surface area contributed by atoms with E-state index in [-0.39, 0.29) is 6.04 Å². The Bertz CT molecular complexity index is 681. The normalized spacial score (nSPS) is 17.8. The Balaban J connectivity index is 2.10. The quantitative estimate of drug-likeness (QED) is 0.763. The van der Waals surface area contributed by atoms with E-state index in [1.807, 2.05) is 16.3 Å². The lowest BCUT2D eigenvalue weighted by Crippen LogP contribution is -2.15. The number of nitrogens with zero attached hydrogens (tertiary/aromatic N) is 1. The molecule has 0 radical (unpaired) electrons. The Kier molecular flexibility index (Phi) is 3.58. The standard InChI is InChI=1S/C13H13F3N2S2/c14-13(15,16)8-1-2-11-10(7-8)17-12(19)18(11)9-3-5-20-6-4-9/h1-2,7,9H,3-6H2,(H,17,19). The van der Waals surface area contributed by atoms with Crippen molar-refractivity contribution in [3.05, 3.63) is 28.5 Å². The molecule has 0 spiro atoms. The van der Waals surface area contributed by atoms with Gasteiger partial charge in [-0.1, -0.05) is 0 Å². The fourth-order valence-electron chi connectivity index (χ4n) is 2.61. The van der Waals surface area contributed by atoms with Crippen LogP contribution >= 0.6 is 24.0 Å². The molecular formula is C13H13F3N2S2. The van der Waals surface area contributed by atoms with Crippen molar-refractivity contribution in [1.82, 2.24) is 9.55 Å². The number of rotatable bonds is 1. The lowest BCUT2D eigenvalue weighted by molar-refractivity contribution is -0.137. The lowest BCUT2D eigenvalue weighted by Gasteiger charge is -2.23. The molecule has 108 valence electrons. The third kappa shape index (κ3) is 2.48. The molecule has 2 nitrogen and oxygen atoms in total. The average Bonchev–Trinajstić information content (AvgIpc) is 2.73. The maximum Gasteiger partial charge on any atom is 0.416 e. The van der Waals surface area contributed by atoms with E-state index in [2.05, 4.69) is 4.98 Å². The lowest BCUT2D eigenvalue weighted by atomic mass is 10.1. The Hall–Kier alpha value is -0.950. The molecule has 1 aliphatic heterocycles. The number of imidazole rings is 1. The molecule has 0 aliphatic carbocycles. The molecule has 0 saturated carbocycles. The topological polar surface area (TPSA) is 20.7 Å². The molecule has 0 unspecified atom stereocenters. The number of hydrogen-bond donors (Lipinski definition) is 1. The molecule has 0 amide bonds. The van der Waals surface area contributed by atoms with Crippen LogP contribution in [0.3, 0.4) is 0 Å². The number of halogens is 3. The van der Waals surface area contributed by atoms with Crippen LogP contribution in [0.4, 0.5) is 13.2 Å². The highest BCUT2D eigenvalue weighted by atomic mass is 32.2. The summed E-state index contributed by atoms with van der Waals surface area (Å²) in [5.74, 6) is 2.14. The predicted octanol–water partition coefficient (Wildman–Crippen LogP) is 4.79. The number of benzene rings is 1. The van der Waals surface area contributed by atoms with Crippen LogP contribution in [0.2, 0.25) is 0 Å². The summed E-state index contributed by atoms with van der Waals surface area (Å²) in [6.45, 7) is 0. The predicted molar refractivity (Wildman–Crippen MR) is 77.7 cm³/mol. The van der Waals surface area contributed by atoms with Crippen molar-refractivity contribution in [2.75, 3.05) is 11.5 Å². The Labute approximate surface area is 123 Å². The van der Waals surface area contributed by atoms with Crippen LogP contribution in [0, 0.1) is 4.77 Å². The summed E-state index contributed by atoms with van der Waals surface area (Å²) < 4.78 is 40.7. The Morgan fingerprint density at radius 1 is 1.25 bits per heavy atom. The monoisotopic (exact) mass is 318 g/mol. The van der Waals surface area contributed by atoms with Gasteiger partial charge in [-0.2, -0.15) is 24.9 Å². The van der Waals surface area contributed by atoms with Gasteiger partial charge in [0.15, 0.2) is 4.77 Å². The van der Waals surface area contributed by atoms with E-state index in [4.69, 9.17) is 12.2 Å². The average molecular weight is 318 g/mol. The number of hydrogen-bond acceptors (Lipinski definition) is 2. The largest absolute Gasteiger partial charge is 0.416 e. The fraction of sp³-hybridized carbons (Fsp3) is 0.462. The maximum atomic E-state index is 12.7. The second kappa shape index (κ2) is 5.11. The van der Waals surface area contributed by atoms with Gasteiger partial charge in [0.2, 0.25) is 0 Å². The minimum atomic E-state index is -4.33. The molecule has 2 aromatic rings. The minimum Gasteiger partial charge on any atom is -0.331 e. The minimum absolute atomic E-state index is 0.286. The number of fused-ring (bicyclic) bond motifs is 1. The van der Waals surface area contributed by atoms with E-state index in [1.54, 1.807) is 0 Å². The highest BCUT2D eigenvalue weighted by Crippen LogP contribution is 2.34. The van der Waals surface area contributed by atoms with Crippen LogP contribution in [-0.2, 0) is 6.18 Å². The van der Waals surface area contributed by atoms with Gasteiger partial charge in [-0.05, 0) is 54.8 Å². The molecule has 0 atom stereocenters. The van der Waals surface area contributed by atoms with Crippen molar-refractivity contribution in [2.45, 2.75) is 25.1 Å². The summed E-state index contributed by atoms with van der Waals surface area (Å²) in [6.07, 6.45) is -2.31. The first-order valence-corrected chi connectivity index (χ1v) is 7.92. The van der Waals surface area contributed by atoms with Gasteiger partial charge in [-0.15, -0.1) is 0 Å². The van der Waals surface area contributed by atoms with Gasteiger partial charge in [0, 0.05) is 6.04 Å². The summed E-state index contributed by atoms with van der Waals surface area (Å²) in [4.78, 5) is 2.91. The molecule has 2 heterocycles. The highest BCUT2D eigenvalue weighted by molar-refractivity contribution is 7.99. The number of thioether (sulfide) groups is 1. The van der Waals surface area contributed by atoms with Gasteiger partial charge in [-0.3, -0.25) is 0 Å². The first kappa shape index (κ1) is 14.0. The number of H-pyrrole nitrogens is 1. The van der Waals surface area contributed by atoms with Crippen LogP contribution in [-0.4, -0.2) is 21.1 Å². The second-order valence-corrected chi connectivity index (χ2v) is 6.48. The van der Waals surface area contributed by atoms with Crippen molar-refractivity contribution in [3.63, 3.8) is 0 Å². The third-order valence-electron chi connectivity index (χ3n) is 3.60. The summed E-state index contributed by atoms with van der Waals surface area (Å²) in [5, 5.41) is 0. The van der Waals surface area contributed by atoms with Gasteiger partial charge in [0.05, 0.1) is 16.6 Å². The summed E-state index contributed by atoms with van der Waals surface area (Å²) in [7, 11) is 0. The van der Waals surface area contributed by atoms with Crippen molar-refractivity contribution >= 4 is 35.0 Å². The zero-order valence-corrected chi connectivity index (χ0v) is 12.2. The van der Waals surface area contributed by atoms with Crippen LogP contribution in [0.25, 0.3) is 11.0 Å². The smallest absolute Gasteiger partial charge is 0.331 e. The first-order valence-electron chi connectivity index (χ1n) is 6.36. The van der Waals surface area contributed by atoms with E-state index < -0.39 is 11.7 Å². The van der Waals surface area contributed by atoms with Gasteiger partial charge < -0.3 is 9.55 Å². The molecular weight excluding hydrogens is 305 g/mol. The number of nitrogens with one attached hydrogen (secondary N) is 1. The van der Waals surface area contributed by atoms with Crippen LogP contribution in [0.5, 0.6) is 0 Å². The summed E-state index contributed by atoms with van der Waals surface area (Å²) in [5.41, 5.74) is 0.579. The highest BCUT2D eigenvalue weighted by Gasteiger charge is 2.31. The molecule has 1 fully saturated rings. The van der Waals surface area contributed by atoms with Gasteiger partial charge in [0.25, 0.3) is 0 Å². The summed E-state index contributed by atoms with van der Waals surface area (Å²) in [6, 6.07) is 4.07. The van der Waals surface area contributed by atoms with Gasteiger partial charge in [0.1, 0.15) is 0 Å². The van der Waals surface area contributed by atoms with E-state index in [9.17, 15) is 13.2 Å². The van der Waals surface area contributed by atoms with E-state index in [0.29, 0.717) is 10.3 Å². The number of alkyl halides is 3. The Morgan fingerprint density at radius 2 is 1.95 bits per heavy atom. The van der Waals surface area contributed by atoms with Crippen molar-refractivity contribution in [3.8, 4) is 0 Å². The molecule has 1 aromatic heterocycles. The molecule has 3 rings (SSSR count). The molecule has 0 bridgehead atoms. The third-order valence-corrected chi connectivity index (χ3v) is 4.95. The molecule has 7 heteroatoms. The molecule has 20 heavy (non-hydrogen) atoms. The first-order chi connectivity index (χ1) is 9.47. The van der Waals surface area contributed by atoms with E-state index >= 15 is 0 Å². The SMILES string of the molecule is FC(F)(F)c1ccc2c(c1)[nH]c(=S)n2C1CCSCC1. The zero-order valence-electron chi connectivity index (χ0n) is 10.5. The van der Waals surface area contributed by atoms with Gasteiger partial charge >= 0.3 is 6.18 Å². The Morgan fingerprint density at radius 3 is 2.60 bits per heavy atom. The molecule has 1 N–H and O–H groups in total. The maximum absolute atomic E-state index is 12.7. The number of aromatic nitrogens is 2. The number of aromatic amines is 1. The van der Waals surface area contributed by atoms with E-state index in [0.717, 1.165) is 42.0 Å².